The summed E-state index contributed by atoms with van der Waals surface area (Å²) in [6, 6.07) is 17.4. The lowest BCUT2D eigenvalue weighted by Gasteiger charge is -2.19. The Balaban J connectivity index is 1.96. The molecule has 100 valence electrons. The fourth-order valence-corrected chi connectivity index (χ4v) is 2.21. The van der Waals surface area contributed by atoms with Crippen molar-refractivity contribution < 1.29 is 4.74 Å². The van der Waals surface area contributed by atoms with Crippen LogP contribution in [0.25, 0.3) is 5.76 Å². The Hall–Kier alpha value is -2.26. The fourth-order valence-electron chi connectivity index (χ4n) is 2.08. The van der Waals surface area contributed by atoms with E-state index in [0.29, 0.717) is 5.02 Å². The molecule has 0 amide bonds. The van der Waals surface area contributed by atoms with Crippen molar-refractivity contribution in [3.63, 3.8) is 0 Å². The molecule has 2 aromatic rings. The van der Waals surface area contributed by atoms with Crippen molar-refractivity contribution in [1.82, 2.24) is 0 Å². The number of benzene rings is 2. The van der Waals surface area contributed by atoms with Gasteiger partial charge in [0.15, 0.2) is 0 Å². The normalized spacial score (nSPS) is 17.9. The molecule has 20 heavy (non-hydrogen) atoms. The van der Waals surface area contributed by atoms with Crippen LogP contribution < -0.4 is 5.73 Å². The number of aliphatic imine (C=N–C) groups is 1. The van der Waals surface area contributed by atoms with Gasteiger partial charge in [0.25, 0.3) is 6.02 Å². The molecule has 0 saturated carbocycles. The predicted octanol–water partition coefficient (Wildman–Crippen LogP) is 3.77. The Morgan fingerprint density at radius 3 is 2.40 bits per heavy atom. The maximum Gasteiger partial charge on any atom is 0.288 e. The number of halogens is 1. The first-order valence-electron chi connectivity index (χ1n) is 6.26. The van der Waals surface area contributed by atoms with E-state index in [0.717, 1.165) is 16.9 Å². The van der Waals surface area contributed by atoms with Crippen LogP contribution in [0, 0.1) is 0 Å². The van der Waals surface area contributed by atoms with Crippen molar-refractivity contribution in [3.05, 3.63) is 76.8 Å². The zero-order chi connectivity index (χ0) is 13.9. The number of hydrogen-bond donors (Lipinski definition) is 1. The minimum Gasteiger partial charge on any atom is -0.426 e. The lowest BCUT2D eigenvalue weighted by Crippen LogP contribution is -2.20. The number of rotatable bonds is 2. The molecule has 0 aliphatic carbocycles. The van der Waals surface area contributed by atoms with Gasteiger partial charge in [-0.15, -0.1) is 0 Å². The van der Waals surface area contributed by atoms with Gasteiger partial charge < -0.3 is 10.5 Å². The first-order chi connectivity index (χ1) is 9.72. The van der Waals surface area contributed by atoms with Crippen molar-refractivity contribution >= 4 is 23.4 Å². The highest BCUT2D eigenvalue weighted by Gasteiger charge is 2.18. The molecular weight excluding hydrogens is 272 g/mol. The summed E-state index contributed by atoms with van der Waals surface area (Å²) in [5.74, 6) is 0.720. The van der Waals surface area contributed by atoms with Crippen LogP contribution in [0.15, 0.2) is 65.7 Å². The summed E-state index contributed by atoms with van der Waals surface area (Å²) >= 11 is 5.90. The largest absolute Gasteiger partial charge is 0.426 e. The molecule has 2 N–H and O–H groups in total. The molecule has 0 saturated heterocycles. The molecule has 0 radical (unpaired) electrons. The second kappa shape index (κ2) is 5.39. The topological polar surface area (TPSA) is 47.6 Å². The van der Waals surface area contributed by atoms with Gasteiger partial charge >= 0.3 is 0 Å². The molecule has 0 spiro atoms. The van der Waals surface area contributed by atoms with Crippen molar-refractivity contribution in [1.29, 1.82) is 0 Å². The molecule has 2 aromatic carbocycles. The summed E-state index contributed by atoms with van der Waals surface area (Å²) in [5.41, 5.74) is 7.78. The molecule has 0 bridgehead atoms. The summed E-state index contributed by atoms with van der Waals surface area (Å²) in [6.07, 6.45) is 1.95. The van der Waals surface area contributed by atoms with E-state index in [2.05, 4.69) is 4.99 Å². The van der Waals surface area contributed by atoms with E-state index < -0.39 is 0 Å². The van der Waals surface area contributed by atoms with Crippen LogP contribution in [-0.2, 0) is 4.74 Å². The van der Waals surface area contributed by atoms with Gasteiger partial charge in [-0.2, -0.15) is 0 Å². The monoisotopic (exact) mass is 284 g/mol. The number of nitrogens with zero attached hydrogens (tertiary/aromatic N) is 1. The summed E-state index contributed by atoms with van der Waals surface area (Å²) in [7, 11) is 0. The molecule has 3 nitrogen and oxygen atoms in total. The first kappa shape index (κ1) is 12.8. The Morgan fingerprint density at radius 2 is 1.70 bits per heavy atom. The minimum atomic E-state index is -0.156. The number of nitrogens with two attached hydrogens (primary N) is 1. The van der Waals surface area contributed by atoms with Gasteiger partial charge in [-0.25, -0.2) is 4.99 Å². The van der Waals surface area contributed by atoms with Gasteiger partial charge in [0.05, 0.1) is 0 Å². The van der Waals surface area contributed by atoms with Crippen LogP contribution >= 0.6 is 11.6 Å². The molecule has 1 aliphatic rings. The third kappa shape index (κ3) is 2.68. The summed E-state index contributed by atoms with van der Waals surface area (Å²) in [4.78, 5) is 4.31. The Labute approximate surface area is 122 Å². The van der Waals surface area contributed by atoms with Gasteiger partial charge in [-0.1, -0.05) is 54.1 Å². The zero-order valence-electron chi connectivity index (χ0n) is 10.7. The molecule has 1 unspecified atom stereocenters. The van der Waals surface area contributed by atoms with Crippen LogP contribution in [-0.4, -0.2) is 6.02 Å². The number of hydrogen-bond acceptors (Lipinski definition) is 3. The van der Waals surface area contributed by atoms with Crippen LogP contribution in [0.4, 0.5) is 0 Å². The molecule has 0 fully saturated rings. The van der Waals surface area contributed by atoms with Gasteiger partial charge in [-0.3, -0.25) is 0 Å². The predicted molar refractivity (Wildman–Crippen MR) is 81.3 cm³/mol. The molecule has 1 heterocycles. The Bertz CT molecular complexity index is 663. The molecular formula is C16H13ClN2O. The van der Waals surface area contributed by atoms with E-state index in [1.165, 1.54) is 0 Å². The summed E-state index contributed by atoms with van der Waals surface area (Å²) in [6.45, 7) is 0. The quantitative estimate of drug-likeness (QED) is 0.912. The Morgan fingerprint density at radius 1 is 1.00 bits per heavy atom. The van der Waals surface area contributed by atoms with Gasteiger partial charge in [0, 0.05) is 10.6 Å². The fraction of sp³-hybridized carbons (Fsp3) is 0.0625. The smallest absolute Gasteiger partial charge is 0.288 e. The molecule has 1 atom stereocenters. The van der Waals surface area contributed by atoms with E-state index >= 15 is 0 Å². The van der Waals surface area contributed by atoms with Gasteiger partial charge in [0.2, 0.25) is 0 Å². The zero-order valence-corrected chi connectivity index (χ0v) is 11.4. The van der Waals surface area contributed by atoms with E-state index in [4.69, 9.17) is 22.1 Å². The number of ether oxygens (including phenoxy) is 1. The van der Waals surface area contributed by atoms with Crippen molar-refractivity contribution in [3.8, 4) is 0 Å². The van der Waals surface area contributed by atoms with Crippen molar-refractivity contribution in [2.45, 2.75) is 6.04 Å². The van der Waals surface area contributed by atoms with Crippen molar-refractivity contribution in [2.75, 3.05) is 0 Å². The lowest BCUT2D eigenvalue weighted by atomic mass is 10.0. The van der Waals surface area contributed by atoms with Crippen LogP contribution in [0.1, 0.15) is 17.2 Å². The van der Waals surface area contributed by atoms with E-state index in [1.54, 1.807) is 0 Å². The summed E-state index contributed by atoms with van der Waals surface area (Å²) in [5, 5.41) is 0.699. The maximum absolute atomic E-state index is 5.90. The van der Waals surface area contributed by atoms with E-state index in [9.17, 15) is 0 Å². The first-order valence-corrected chi connectivity index (χ1v) is 6.64. The third-order valence-electron chi connectivity index (χ3n) is 3.06. The maximum atomic E-state index is 5.90. The third-order valence-corrected chi connectivity index (χ3v) is 3.31. The molecule has 3 rings (SSSR count). The second-order valence-corrected chi connectivity index (χ2v) is 4.90. The van der Waals surface area contributed by atoms with E-state index in [-0.39, 0.29) is 12.1 Å². The van der Waals surface area contributed by atoms with Crippen LogP contribution in [0.2, 0.25) is 5.02 Å². The molecule has 0 aromatic heterocycles. The second-order valence-electron chi connectivity index (χ2n) is 4.46. The van der Waals surface area contributed by atoms with Crippen molar-refractivity contribution in [2.24, 2.45) is 10.7 Å². The highest BCUT2D eigenvalue weighted by Crippen LogP contribution is 2.29. The SMILES string of the molecule is NC1=NC(c2ccc(Cl)cc2)C=C(c2ccccc2)O1. The molecule has 4 heteroatoms. The Kier molecular flexibility index (Phi) is 3.44. The average Bonchev–Trinajstić information content (AvgIpc) is 2.48. The van der Waals surface area contributed by atoms with Crippen LogP contribution in [0.3, 0.4) is 0 Å². The highest BCUT2D eigenvalue weighted by molar-refractivity contribution is 6.30. The average molecular weight is 285 g/mol. The van der Waals surface area contributed by atoms with E-state index in [1.807, 2.05) is 60.7 Å². The highest BCUT2D eigenvalue weighted by atomic mass is 35.5. The standard InChI is InChI=1S/C16H13ClN2O/c17-13-8-6-11(7-9-13)14-10-15(20-16(18)19-14)12-4-2-1-3-5-12/h1-10,14H,(H2,18,19). The van der Waals surface area contributed by atoms with Gasteiger partial charge in [0.1, 0.15) is 11.8 Å². The molecule has 1 aliphatic heterocycles. The summed E-state index contributed by atoms with van der Waals surface area (Å²) < 4.78 is 5.51. The minimum absolute atomic E-state index is 0.156. The lowest BCUT2D eigenvalue weighted by molar-refractivity contribution is 0.476. The van der Waals surface area contributed by atoms with Crippen LogP contribution in [0.5, 0.6) is 0 Å². The number of amidine groups is 1. The van der Waals surface area contributed by atoms with Gasteiger partial charge in [-0.05, 0) is 23.8 Å².